The first kappa shape index (κ1) is 42.2. The highest BCUT2D eigenvalue weighted by molar-refractivity contribution is 6.33. The minimum atomic E-state index is -0.784. The Balaban J connectivity index is 0.937. The number of nitrogens with zero attached hydrogens (tertiary/aromatic N) is 5. The summed E-state index contributed by atoms with van der Waals surface area (Å²) >= 11 is 6.58. The van der Waals surface area contributed by atoms with Gasteiger partial charge < -0.3 is 44.5 Å². The second kappa shape index (κ2) is 18.5. The Kier molecular flexibility index (Phi) is 13.0. The number of imide groups is 1. The lowest BCUT2D eigenvalue weighted by Gasteiger charge is -2.38. The van der Waals surface area contributed by atoms with Crippen LogP contribution in [0.1, 0.15) is 68.8 Å². The summed E-state index contributed by atoms with van der Waals surface area (Å²) in [5.41, 5.74) is 2.22. The maximum atomic E-state index is 13.2. The normalized spacial score (nSPS) is 17.7. The molecule has 7 rings (SSSR count). The van der Waals surface area contributed by atoms with Crippen LogP contribution in [-0.4, -0.2) is 103 Å². The molecule has 1 unspecified atom stereocenters. The molecule has 18 heteroatoms. The van der Waals surface area contributed by atoms with Crippen molar-refractivity contribution in [3.63, 3.8) is 0 Å². The Hall–Kier alpha value is -5.94. The predicted octanol–water partition coefficient (Wildman–Crippen LogP) is 4.09. The molecule has 5 heterocycles. The Morgan fingerprint density at radius 3 is 2.35 bits per heavy atom. The van der Waals surface area contributed by atoms with Crippen LogP contribution in [0, 0.1) is 0 Å². The zero-order chi connectivity index (χ0) is 42.5. The molecule has 2 aromatic carbocycles. The molecule has 318 valence electrons. The van der Waals surface area contributed by atoms with E-state index in [1.54, 1.807) is 29.0 Å². The van der Waals surface area contributed by atoms with Crippen molar-refractivity contribution in [3.05, 3.63) is 69.6 Å². The van der Waals surface area contributed by atoms with Gasteiger partial charge in [0.1, 0.15) is 11.1 Å². The lowest BCUT2D eigenvalue weighted by Crippen LogP contribution is -2.52. The molecule has 3 aliphatic rings. The van der Waals surface area contributed by atoms with Crippen molar-refractivity contribution in [1.82, 2.24) is 30.5 Å². The standard InChI is InChI=1S/C42H50ClN9O8/c1-24(2)52-32-10-8-26(20-25(32)21-34(41(52)57)59-23-36(54)44-3)46-38-30(43)22-45-42(49-38)51-18-14-28(15-19-51)60-27-12-16-50(17-13-27)33-7-5-6-29(37(33)58-4)39(55)47-31-9-11-35(53)48-40(31)56/h5-8,10,20-22,24,27-28,31H,9,11-19,23H2,1-4H3,(H,44,54)(H,47,55)(H,45,46,49)(H,48,53,56). The summed E-state index contributed by atoms with van der Waals surface area (Å²) in [6.45, 7) is 6.40. The number of rotatable bonds is 13. The van der Waals surface area contributed by atoms with Gasteiger partial charge in [0.2, 0.25) is 17.8 Å². The first-order chi connectivity index (χ1) is 28.9. The second-order valence-corrected chi connectivity index (χ2v) is 15.8. The van der Waals surface area contributed by atoms with Crippen LogP contribution in [0.25, 0.3) is 10.9 Å². The summed E-state index contributed by atoms with van der Waals surface area (Å²) < 4.78 is 19.6. The summed E-state index contributed by atoms with van der Waals surface area (Å²) in [6, 6.07) is 11.7. The molecule has 0 radical (unpaired) electrons. The molecule has 0 bridgehead atoms. The van der Waals surface area contributed by atoms with E-state index in [0.29, 0.717) is 60.0 Å². The summed E-state index contributed by atoms with van der Waals surface area (Å²) in [5, 5.41) is 11.9. The number of anilines is 4. The first-order valence-corrected chi connectivity index (χ1v) is 20.6. The number of amides is 4. The largest absolute Gasteiger partial charge is 0.494 e. The van der Waals surface area contributed by atoms with E-state index in [0.717, 1.165) is 42.3 Å². The van der Waals surface area contributed by atoms with Gasteiger partial charge in [0.25, 0.3) is 17.4 Å². The van der Waals surface area contributed by atoms with Crippen LogP contribution < -0.4 is 46.1 Å². The molecule has 3 fully saturated rings. The lowest BCUT2D eigenvalue weighted by molar-refractivity contribution is -0.134. The fourth-order valence-electron chi connectivity index (χ4n) is 7.90. The topological polar surface area (TPSA) is 198 Å². The van der Waals surface area contributed by atoms with Gasteiger partial charge in [-0.25, -0.2) is 4.98 Å². The molecule has 17 nitrogen and oxygen atoms in total. The predicted molar refractivity (Wildman–Crippen MR) is 227 cm³/mol. The van der Waals surface area contributed by atoms with E-state index in [9.17, 15) is 24.0 Å². The number of para-hydroxylation sites is 1. The Morgan fingerprint density at radius 2 is 1.68 bits per heavy atom. The number of halogens is 1. The Labute approximate surface area is 352 Å². The second-order valence-electron chi connectivity index (χ2n) is 15.3. The van der Waals surface area contributed by atoms with E-state index in [4.69, 9.17) is 30.8 Å². The maximum absolute atomic E-state index is 13.2. The van der Waals surface area contributed by atoms with E-state index in [2.05, 4.69) is 36.1 Å². The van der Waals surface area contributed by atoms with Crippen LogP contribution >= 0.6 is 11.6 Å². The molecule has 3 saturated heterocycles. The SMILES string of the molecule is CNC(=O)COc1cc2cc(Nc3nc(N4CCC(OC5CCN(c6cccc(C(=O)NC7CCC(=O)NC7=O)c6OC)CC5)CC4)ncc3Cl)ccc2n(C(C)C)c1=O. The number of hydrogen-bond donors (Lipinski definition) is 4. The van der Waals surface area contributed by atoms with Crippen LogP contribution in [0.15, 0.2) is 53.5 Å². The number of carbonyl (C=O) groups excluding carboxylic acids is 4. The smallest absolute Gasteiger partial charge is 0.293 e. The van der Waals surface area contributed by atoms with Gasteiger partial charge in [0.15, 0.2) is 23.9 Å². The number of carbonyl (C=O) groups is 4. The van der Waals surface area contributed by atoms with Gasteiger partial charge in [-0.05, 0) is 82.3 Å². The van der Waals surface area contributed by atoms with Crippen molar-refractivity contribution in [2.24, 2.45) is 0 Å². The molecular weight excluding hydrogens is 794 g/mol. The van der Waals surface area contributed by atoms with Crippen LogP contribution in [0.5, 0.6) is 11.5 Å². The Morgan fingerprint density at radius 1 is 0.967 bits per heavy atom. The number of piperidine rings is 3. The summed E-state index contributed by atoms with van der Waals surface area (Å²) in [5.74, 6) is -0.116. The van der Waals surface area contributed by atoms with Gasteiger partial charge in [-0.15, -0.1) is 0 Å². The molecule has 2 aromatic heterocycles. The Bertz CT molecular complexity index is 2320. The van der Waals surface area contributed by atoms with Crippen LogP contribution in [0.3, 0.4) is 0 Å². The number of aromatic nitrogens is 3. The van der Waals surface area contributed by atoms with E-state index in [1.807, 2.05) is 38.1 Å². The van der Waals surface area contributed by atoms with E-state index >= 15 is 0 Å². The average molecular weight is 844 g/mol. The third kappa shape index (κ3) is 9.42. The highest BCUT2D eigenvalue weighted by Gasteiger charge is 2.31. The number of pyridine rings is 1. The van der Waals surface area contributed by atoms with Crippen molar-refractivity contribution in [3.8, 4) is 11.5 Å². The van der Waals surface area contributed by atoms with E-state index < -0.39 is 17.9 Å². The molecule has 60 heavy (non-hydrogen) atoms. The first-order valence-electron chi connectivity index (χ1n) is 20.2. The van der Waals surface area contributed by atoms with Crippen molar-refractivity contribution in [1.29, 1.82) is 0 Å². The fourth-order valence-corrected chi connectivity index (χ4v) is 8.03. The number of ether oxygens (including phenoxy) is 3. The van der Waals surface area contributed by atoms with Crippen LogP contribution in [0.4, 0.5) is 23.1 Å². The molecule has 0 spiro atoms. The molecule has 0 aliphatic carbocycles. The number of fused-ring (bicyclic) bond motifs is 1. The van der Waals surface area contributed by atoms with Crippen molar-refractivity contribution in [2.45, 2.75) is 76.7 Å². The van der Waals surface area contributed by atoms with Crippen molar-refractivity contribution >= 4 is 69.3 Å². The van der Waals surface area contributed by atoms with Gasteiger partial charge in [0.05, 0.1) is 42.3 Å². The lowest BCUT2D eigenvalue weighted by atomic mass is 10.0. The summed E-state index contributed by atoms with van der Waals surface area (Å²) in [6.07, 6.45) is 5.39. The number of methoxy groups -OCH3 is 1. The van der Waals surface area contributed by atoms with Crippen molar-refractivity contribution in [2.75, 3.05) is 62.1 Å². The molecular formula is C42H50ClN9O8. The van der Waals surface area contributed by atoms with E-state index in [-0.39, 0.29) is 60.8 Å². The van der Waals surface area contributed by atoms with Gasteiger partial charge in [-0.1, -0.05) is 17.7 Å². The van der Waals surface area contributed by atoms with Crippen molar-refractivity contribution < 1.29 is 33.4 Å². The summed E-state index contributed by atoms with van der Waals surface area (Å²) in [7, 11) is 3.03. The minimum Gasteiger partial charge on any atom is -0.494 e. The number of nitrogens with one attached hydrogen (secondary N) is 4. The quantitative estimate of drug-likeness (QED) is 0.141. The monoisotopic (exact) mass is 843 g/mol. The fraction of sp³-hybridized carbons (Fsp3) is 0.452. The van der Waals surface area contributed by atoms with E-state index in [1.165, 1.54) is 14.2 Å². The molecule has 1 atom stereocenters. The number of likely N-dealkylation sites (N-methyl/N-ethyl adjacent to an activating group) is 1. The third-order valence-electron chi connectivity index (χ3n) is 11.0. The molecule has 4 N–H and O–H groups in total. The minimum absolute atomic E-state index is 0.0807. The highest BCUT2D eigenvalue weighted by Crippen LogP contribution is 2.35. The molecule has 0 saturated carbocycles. The zero-order valence-electron chi connectivity index (χ0n) is 34.1. The van der Waals surface area contributed by atoms with Gasteiger partial charge in [0, 0.05) is 56.8 Å². The van der Waals surface area contributed by atoms with Crippen LogP contribution in [-0.2, 0) is 19.1 Å². The molecule has 4 aromatic rings. The number of benzene rings is 2. The maximum Gasteiger partial charge on any atom is 0.293 e. The third-order valence-corrected chi connectivity index (χ3v) is 11.3. The molecule has 4 amide bonds. The van der Waals surface area contributed by atoms with Gasteiger partial charge in [-0.2, -0.15) is 4.98 Å². The zero-order valence-corrected chi connectivity index (χ0v) is 34.8. The van der Waals surface area contributed by atoms with Gasteiger partial charge >= 0.3 is 0 Å². The summed E-state index contributed by atoms with van der Waals surface area (Å²) in [4.78, 5) is 75.7. The average Bonchev–Trinajstić information content (AvgIpc) is 3.24. The highest BCUT2D eigenvalue weighted by atomic mass is 35.5. The molecule has 3 aliphatic heterocycles. The number of hydrogen-bond acceptors (Lipinski definition) is 13. The van der Waals surface area contributed by atoms with Crippen LogP contribution in [0.2, 0.25) is 5.02 Å². The van der Waals surface area contributed by atoms with Gasteiger partial charge in [-0.3, -0.25) is 29.3 Å².